The molecule has 0 amide bonds. The molecule has 0 unspecified atom stereocenters. The molecule has 0 saturated heterocycles. The fourth-order valence-corrected chi connectivity index (χ4v) is 1.50. The van der Waals surface area contributed by atoms with Crippen molar-refractivity contribution in [3.8, 4) is 6.07 Å². The molecule has 0 aliphatic heterocycles. The van der Waals surface area contributed by atoms with Crippen LogP contribution < -0.4 is 11.2 Å². The van der Waals surface area contributed by atoms with Crippen molar-refractivity contribution in [1.82, 2.24) is 9.55 Å². The number of aromatic nitrogens is 2. The SMILES string of the molecule is CC(C)[C@H](C(=O)O)n1cc(C#N)c(=O)[nH]c1=O. The van der Waals surface area contributed by atoms with Crippen molar-refractivity contribution in [1.29, 1.82) is 5.26 Å². The van der Waals surface area contributed by atoms with E-state index in [2.05, 4.69) is 0 Å². The van der Waals surface area contributed by atoms with Gasteiger partial charge in [0.2, 0.25) is 0 Å². The number of hydrogen-bond acceptors (Lipinski definition) is 4. The normalized spacial score (nSPS) is 12.1. The minimum absolute atomic E-state index is 0.295. The largest absolute Gasteiger partial charge is 0.480 e. The molecule has 2 N–H and O–H groups in total. The maximum absolute atomic E-state index is 11.5. The minimum atomic E-state index is -1.20. The van der Waals surface area contributed by atoms with Crippen LogP contribution in [0.3, 0.4) is 0 Å². The van der Waals surface area contributed by atoms with Gasteiger partial charge in [0.05, 0.1) is 0 Å². The maximum atomic E-state index is 11.5. The van der Waals surface area contributed by atoms with E-state index in [-0.39, 0.29) is 11.5 Å². The van der Waals surface area contributed by atoms with Crippen LogP contribution in [0.2, 0.25) is 0 Å². The number of carboxylic acid groups (broad SMARTS) is 1. The van der Waals surface area contributed by atoms with Gasteiger partial charge in [-0.05, 0) is 5.92 Å². The van der Waals surface area contributed by atoms with Crippen LogP contribution >= 0.6 is 0 Å². The van der Waals surface area contributed by atoms with Crippen molar-refractivity contribution >= 4 is 5.97 Å². The summed E-state index contributed by atoms with van der Waals surface area (Å²) in [6.45, 7) is 3.25. The monoisotopic (exact) mass is 237 g/mol. The van der Waals surface area contributed by atoms with E-state index in [0.717, 1.165) is 10.8 Å². The topological polar surface area (TPSA) is 116 Å². The highest BCUT2D eigenvalue weighted by molar-refractivity contribution is 5.72. The van der Waals surface area contributed by atoms with Crippen molar-refractivity contribution in [3.05, 3.63) is 32.6 Å². The van der Waals surface area contributed by atoms with Gasteiger partial charge in [-0.3, -0.25) is 14.3 Å². The molecule has 1 aromatic rings. The Labute approximate surface area is 95.9 Å². The molecule has 1 rings (SSSR count). The molecule has 0 saturated carbocycles. The van der Waals surface area contributed by atoms with Gasteiger partial charge >= 0.3 is 11.7 Å². The van der Waals surface area contributed by atoms with Gasteiger partial charge in [0, 0.05) is 6.20 Å². The number of nitrogens with zero attached hydrogens (tertiary/aromatic N) is 2. The smallest absolute Gasteiger partial charge is 0.329 e. The Kier molecular flexibility index (Phi) is 3.48. The summed E-state index contributed by atoms with van der Waals surface area (Å²) < 4.78 is 0.854. The van der Waals surface area contributed by atoms with Gasteiger partial charge in [-0.25, -0.2) is 9.59 Å². The Balaban J connectivity index is 3.51. The van der Waals surface area contributed by atoms with Crippen molar-refractivity contribution in [3.63, 3.8) is 0 Å². The quantitative estimate of drug-likeness (QED) is 0.747. The summed E-state index contributed by atoms with van der Waals surface area (Å²) in [5, 5.41) is 17.7. The van der Waals surface area contributed by atoms with Gasteiger partial charge in [0.25, 0.3) is 5.56 Å². The third kappa shape index (κ3) is 2.42. The van der Waals surface area contributed by atoms with E-state index in [4.69, 9.17) is 10.4 Å². The molecular weight excluding hydrogens is 226 g/mol. The molecule has 17 heavy (non-hydrogen) atoms. The van der Waals surface area contributed by atoms with Crippen molar-refractivity contribution in [2.75, 3.05) is 0 Å². The van der Waals surface area contributed by atoms with Crippen LogP contribution in [-0.4, -0.2) is 20.6 Å². The number of aliphatic carboxylic acids is 1. The van der Waals surface area contributed by atoms with Crippen LogP contribution in [0.4, 0.5) is 0 Å². The zero-order chi connectivity index (χ0) is 13.2. The molecule has 1 heterocycles. The van der Waals surface area contributed by atoms with E-state index in [0.29, 0.717) is 0 Å². The molecule has 0 fully saturated rings. The standard InChI is InChI=1S/C10H11N3O4/c1-5(2)7(9(15)16)13-4-6(3-11)8(14)12-10(13)17/h4-5,7H,1-2H3,(H,15,16)(H,12,14,17)/t7-/m1/s1. The second-order valence-electron chi connectivity index (χ2n) is 3.85. The Morgan fingerprint density at radius 1 is 1.53 bits per heavy atom. The Hall–Kier alpha value is -2.36. The molecule has 0 aromatic carbocycles. The lowest BCUT2D eigenvalue weighted by Gasteiger charge is -2.18. The number of H-pyrrole nitrogens is 1. The molecule has 1 atom stereocenters. The van der Waals surface area contributed by atoms with E-state index in [9.17, 15) is 14.4 Å². The van der Waals surface area contributed by atoms with Gasteiger partial charge < -0.3 is 5.11 Å². The zero-order valence-electron chi connectivity index (χ0n) is 9.30. The number of nitrogens with one attached hydrogen (secondary N) is 1. The van der Waals surface area contributed by atoms with Gasteiger partial charge in [-0.2, -0.15) is 5.26 Å². The predicted octanol–water partition coefficient (Wildman–Crippen LogP) is -0.310. The van der Waals surface area contributed by atoms with Crippen LogP contribution in [0.1, 0.15) is 25.5 Å². The van der Waals surface area contributed by atoms with Crippen LogP contribution in [0, 0.1) is 17.2 Å². The summed E-state index contributed by atoms with van der Waals surface area (Å²) in [4.78, 5) is 35.6. The summed E-state index contributed by atoms with van der Waals surface area (Å²) in [7, 11) is 0. The molecule has 0 spiro atoms. The number of rotatable bonds is 3. The van der Waals surface area contributed by atoms with E-state index < -0.39 is 23.3 Å². The number of carboxylic acids is 1. The predicted molar refractivity (Wildman–Crippen MR) is 57.5 cm³/mol. The molecule has 0 aliphatic carbocycles. The molecule has 7 heteroatoms. The van der Waals surface area contributed by atoms with Crippen LogP contribution in [-0.2, 0) is 4.79 Å². The van der Waals surface area contributed by atoms with E-state index >= 15 is 0 Å². The van der Waals surface area contributed by atoms with Crippen LogP contribution in [0.15, 0.2) is 15.8 Å². The van der Waals surface area contributed by atoms with E-state index in [1.165, 1.54) is 0 Å². The highest BCUT2D eigenvalue weighted by Gasteiger charge is 2.25. The number of aromatic amines is 1. The molecular formula is C10H11N3O4. The van der Waals surface area contributed by atoms with Crippen molar-refractivity contribution in [2.45, 2.75) is 19.9 Å². The lowest BCUT2D eigenvalue weighted by molar-refractivity contribution is -0.142. The first-order valence-electron chi connectivity index (χ1n) is 4.86. The van der Waals surface area contributed by atoms with Gasteiger partial charge in [-0.15, -0.1) is 0 Å². The first-order chi connectivity index (χ1) is 7.88. The molecule has 7 nitrogen and oxygen atoms in total. The molecule has 0 radical (unpaired) electrons. The fourth-order valence-electron chi connectivity index (χ4n) is 1.50. The Bertz CT molecular complexity index is 591. The van der Waals surface area contributed by atoms with E-state index in [1.807, 2.05) is 4.98 Å². The number of nitriles is 1. The van der Waals surface area contributed by atoms with Crippen LogP contribution in [0.25, 0.3) is 0 Å². The number of carbonyl (C=O) groups is 1. The van der Waals surface area contributed by atoms with Gasteiger partial charge in [-0.1, -0.05) is 13.8 Å². The van der Waals surface area contributed by atoms with Crippen LogP contribution in [0.5, 0.6) is 0 Å². The highest BCUT2D eigenvalue weighted by atomic mass is 16.4. The molecule has 0 bridgehead atoms. The first kappa shape index (κ1) is 12.7. The average molecular weight is 237 g/mol. The van der Waals surface area contributed by atoms with Gasteiger partial charge in [0.15, 0.2) is 0 Å². The fraction of sp³-hybridized carbons (Fsp3) is 0.400. The second kappa shape index (κ2) is 4.65. The minimum Gasteiger partial charge on any atom is -0.480 e. The maximum Gasteiger partial charge on any atom is 0.329 e. The number of hydrogen-bond donors (Lipinski definition) is 2. The summed E-state index contributed by atoms with van der Waals surface area (Å²) in [5.41, 5.74) is -1.95. The lowest BCUT2D eigenvalue weighted by Crippen LogP contribution is -2.38. The lowest BCUT2D eigenvalue weighted by atomic mass is 10.0. The molecule has 90 valence electrons. The van der Waals surface area contributed by atoms with E-state index in [1.54, 1.807) is 19.9 Å². The Morgan fingerprint density at radius 2 is 2.12 bits per heavy atom. The summed E-state index contributed by atoms with van der Waals surface area (Å²) in [5.74, 6) is -1.55. The summed E-state index contributed by atoms with van der Waals surface area (Å²) in [6.07, 6.45) is 0.972. The zero-order valence-corrected chi connectivity index (χ0v) is 9.30. The third-order valence-corrected chi connectivity index (χ3v) is 2.27. The Morgan fingerprint density at radius 3 is 2.53 bits per heavy atom. The molecule has 1 aromatic heterocycles. The summed E-state index contributed by atoms with van der Waals surface area (Å²) >= 11 is 0. The van der Waals surface area contributed by atoms with Crippen molar-refractivity contribution in [2.24, 2.45) is 5.92 Å². The van der Waals surface area contributed by atoms with Crippen molar-refractivity contribution < 1.29 is 9.90 Å². The second-order valence-corrected chi connectivity index (χ2v) is 3.85. The summed E-state index contributed by atoms with van der Waals surface area (Å²) in [6, 6.07) is 0.480. The average Bonchev–Trinajstić information content (AvgIpc) is 2.20. The highest BCUT2D eigenvalue weighted by Crippen LogP contribution is 2.15. The van der Waals surface area contributed by atoms with Gasteiger partial charge in [0.1, 0.15) is 17.7 Å². The molecule has 0 aliphatic rings. The first-order valence-corrected chi connectivity index (χ1v) is 4.86. The third-order valence-electron chi connectivity index (χ3n) is 2.27.